The summed E-state index contributed by atoms with van der Waals surface area (Å²) in [6, 6.07) is 5.41. The van der Waals surface area contributed by atoms with Crippen molar-refractivity contribution in [2.75, 3.05) is 6.61 Å². The maximum atomic E-state index is 11.6. The van der Waals surface area contributed by atoms with Crippen molar-refractivity contribution in [2.24, 2.45) is 5.92 Å². The molecule has 2 amide bonds. The molecular formula is C18H20ClNO3S. The first-order valence-electron chi connectivity index (χ1n) is 8.29. The summed E-state index contributed by atoms with van der Waals surface area (Å²) in [4.78, 5) is 23.1. The van der Waals surface area contributed by atoms with Crippen LogP contribution in [0, 0.1) is 5.92 Å². The fourth-order valence-electron chi connectivity index (χ4n) is 3.10. The molecule has 4 nitrogen and oxygen atoms in total. The van der Waals surface area contributed by atoms with Gasteiger partial charge in [0.15, 0.2) is 0 Å². The minimum atomic E-state index is -0.381. The largest absolute Gasteiger partial charge is 0.494 e. The number of hydrogen-bond donors (Lipinski definition) is 1. The maximum Gasteiger partial charge on any atom is 0.290 e. The lowest BCUT2D eigenvalue weighted by Gasteiger charge is -2.21. The molecule has 0 bridgehead atoms. The molecule has 1 heterocycles. The molecule has 0 unspecified atom stereocenters. The molecule has 1 aliphatic carbocycles. The Morgan fingerprint density at radius 1 is 1.25 bits per heavy atom. The third-order valence-electron chi connectivity index (χ3n) is 4.42. The number of carbonyl (C=O) groups excluding carboxylic acids is 2. The Morgan fingerprint density at radius 3 is 2.71 bits per heavy atom. The van der Waals surface area contributed by atoms with Crippen LogP contribution in [0.1, 0.15) is 44.1 Å². The molecule has 1 saturated heterocycles. The maximum absolute atomic E-state index is 11.6. The molecular weight excluding hydrogens is 346 g/mol. The van der Waals surface area contributed by atoms with E-state index in [1.807, 2.05) is 12.1 Å². The number of thioether (sulfide) groups is 1. The van der Waals surface area contributed by atoms with Crippen LogP contribution in [-0.2, 0) is 4.79 Å². The van der Waals surface area contributed by atoms with Crippen molar-refractivity contribution in [1.82, 2.24) is 5.32 Å². The van der Waals surface area contributed by atoms with Crippen LogP contribution < -0.4 is 10.1 Å². The van der Waals surface area contributed by atoms with Gasteiger partial charge in [-0.2, -0.15) is 0 Å². The van der Waals surface area contributed by atoms with Gasteiger partial charge in [0.05, 0.1) is 16.5 Å². The van der Waals surface area contributed by atoms with E-state index in [0.717, 1.165) is 29.9 Å². The molecule has 2 fully saturated rings. The lowest BCUT2D eigenvalue weighted by molar-refractivity contribution is -0.115. The van der Waals surface area contributed by atoms with Gasteiger partial charge in [-0.1, -0.05) is 43.7 Å². The molecule has 3 rings (SSSR count). The van der Waals surface area contributed by atoms with E-state index in [0.29, 0.717) is 22.1 Å². The van der Waals surface area contributed by atoms with Gasteiger partial charge in [-0.3, -0.25) is 14.9 Å². The Balaban J connectivity index is 1.57. The zero-order valence-electron chi connectivity index (χ0n) is 13.3. The van der Waals surface area contributed by atoms with Crippen LogP contribution in [0.2, 0.25) is 5.02 Å². The smallest absolute Gasteiger partial charge is 0.290 e. The van der Waals surface area contributed by atoms with Crippen LogP contribution in [0.5, 0.6) is 5.75 Å². The minimum absolute atomic E-state index is 0.355. The number of carbonyl (C=O) groups is 2. The summed E-state index contributed by atoms with van der Waals surface area (Å²) in [5.74, 6) is 1.14. The van der Waals surface area contributed by atoms with Gasteiger partial charge in [0, 0.05) is 0 Å². The SMILES string of the molecule is O=C1NC(=O)/C(=C/c2ccc(OCCC3CCCCC3)cc2Cl)S1. The number of rotatable bonds is 5. The fourth-order valence-corrected chi connectivity index (χ4v) is 3.99. The molecule has 2 aliphatic rings. The van der Waals surface area contributed by atoms with Crippen molar-refractivity contribution in [3.63, 3.8) is 0 Å². The Kier molecular flexibility index (Phi) is 5.85. The number of hydrogen-bond acceptors (Lipinski definition) is 4. The number of benzene rings is 1. The molecule has 0 aromatic heterocycles. The molecule has 1 aliphatic heterocycles. The van der Waals surface area contributed by atoms with Crippen molar-refractivity contribution in [3.8, 4) is 5.75 Å². The second kappa shape index (κ2) is 8.08. The highest BCUT2D eigenvalue weighted by molar-refractivity contribution is 8.18. The van der Waals surface area contributed by atoms with E-state index in [2.05, 4.69) is 5.32 Å². The van der Waals surface area contributed by atoms with Gasteiger partial charge >= 0.3 is 0 Å². The first-order chi connectivity index (χ1) is 11.6. The first-order valence-corrected chi connectivity index (χ1v) is 9.48. The second-order valence-electron chi connectivity index (χ2n) is 6.18. The van der Waals surface area contributed by atoms with Crippen molar-refractivity contribution in [1.29, 1.82) is 0 Å². The molecule has 1 N–H and O–H groups in total. The van der Waals surface area contributed by atoms with Crippen molar-refractivity contribution in [3.05, 3.63) is 33.7 Å². The number of halogens is 1. The zero-order chi connectivity index (χ0) is 16.9. The van der Waals surface area contributed by atoms with Crippen molar-refractivity contribution in [2.45, 2.75) is 38.5 Å². The number of ether oxygens (including phenoxy) is 1. The van der Waals surface area contributed by atoms with Gasteiger partial charge in [-0.15, -0.1) is 0 Å². The molecule has 0 spiro atoms. The van der Waals surface area contributed by atoms with Crippen LogP contribution >= 0.6 is 23.4 Å². The summed E-state index contributed by atoms with van der Waals surface area (Å²) in [5.41, 5.74) is 0.698. The van der Waals surface area contributed by atoms with Gasteiger partial charge in [-0.25, -0.2) is 0 Å². The monoisotopic (exact) mass is 365 g/mol. The molecule has 6 heteroatoms. The second-order valence-corrected chi connectivity index (χ2v) is 7.60. The third kappa shape index (κ3) is 4.54. The van der Waals surface area contributed by atoms with E-state index in [1.54, 1.807) is 12.1 Å². The standard InChI is InChI=1S/C18H20ClNO3S/c19-15-11-14(23-9-8-12-4-2-1-3-5-12)7-6-13(15)10-16-17(21)20-18(22)24-16/h6-7,10-12H,1-5,8-9H2,(H,20,21,22)/b16-10-. The van der Waals surface area contributed by atoms with E-state index in [1.165, 1.54) is 32.1 Å². The highest BCUT2D eigenvalue weighted by Gasteiger charge is 2.25. The normalized spacial score (nSPS) is 20.5. The Hall–Kier alpha value is -1.46. The third-order valence-corrected chi connectivity index (χ3v) is 5.56. The average molecular weight is 366 g/mol. The Morgan fingerprint density at radius 2 is 2.04 bits per heavy atom. The molecule has 128 valence electrons. The molecule has 0 radical (unpaired) electrons. The molecule has 24 heavy (non-hydrogen) atoms. The van der Waals surface area contributed by atoms with Crippen LogP contribution in [0.15, 0.2) is 23.1 Å². The quantitative estimate of drug-likeness (QED) is 0.745. The van der Waals surface area contributed by atoms with Crippen LogP contribution in [-0.4, -0.2) is 17.8 Å². The van der Waals surface area contributed by atoms with E-state index < -0.39 is 0 Å². The van der Waals surface area contributed by atoms with Crippen molar-refractivity contribution >= 4 is 40.6 Å². The van der Waals surface area contributed by atoms with E-state index in [-0.39, 0.29) is 11.1 Å². The molecule has 1 saturated carbocycles. The summed E-state index contributed by atoms with van der Waals surface area (Å²) < 4.78 is 5.81. The van der Waals surface area contributed by atoms with Gasteiger partial charge < -0.3 is 4.74 Å². The van der Waals surface area contributed by atoms with Crippen molar-refractivity contribution < 1.29 is 14.3 Å². The predicted molar refractivity (Wildman–Crippen MR) is 97.2 cm³/mol. The average Bonchev–Trinajstić information content (AvgIpc) is 2.88. The first kappa shape index (κ1) is 17.4. The molecule has 0 atom stereocenters. The Labute approximate surface area is 151 Å². The predicted octanol–water partition coefficient (Wildman–Crippen LogP) is 5.01. The van der Waals surface area contributed by atoms with Crippen LogP contribution in [0.25, 0.3) is 6.08 Å². The van der Waals surface area contributed by atoms with Gasteiger partial charge in [0.2, 0.25) is 0 Å². The number of nitrogens with one attached hydrogen (secondary N) is 1. The number of amides is 2. The highest BCUT2D eigenvalue weighted by Crippen LogP contribution is 2.30. The van der Waals surface area contributed by atoms with Crippen LogP contribution in [0.4, 0.5) is 4.79 Å². The summed E-state index contributed by atoms with van der Waals surface area (Å²) in [5, 5.41) is 2.37. The fraction of sp³-hybridized carbons (Fsp3) is 0.444. The minimum Gasteiger partial charge on any atom is -0.494 e. The summed E-state index contributed by atoms with van der Waals surface area (Å²) >= 11 is 7.15. The highest BCUT2D eigenvalue weighted by atomic mass is 35.5. The Bertz CT molecular complexity index is 668. The number of imide groups is 1. The zero-order valence-corrected chi connectivity index (χ0v) is 14.9. The van der Waals surface area contributed by atoms with E-state index >= 15 is 0 Å². The summed E-state index contributed by atoms with van der Waals surface area (Å²) in [7, 11) is 0. The molecule has 1 aromatic rings. The van der Waals surface area contributed by atoms with Gasteiger partial charge in [0.1, 0.15) is 5.75 Å². The van der Waals surface area contributed by atoms with Gasteiger partial charge in [0.25, 0.3) is 11.1 Å². The lowest BCUT2D eigenvalue weighted by atomic mass is 9.87. The van der Waals surface area contributed by atoms with E-state index in [4.69, 9.17) is 16.3 Å². The lowest BCUT2D eigenvalue weighted by Crippen LogP contribution is -2.17. The molecule has 1 aromatic carbocycles. The summed E-state index contributed by atoms with van der Waals surface area (Å²) in [6.45, 7) is 0.703. The van der Waals surface area contributed by atoms with E-state index in [9.17, 15) is 9.59 Å². The topological polar surface area (TPSA) is 55.4 Å². The summed E-state index contributed by atoms with van der Waals surface area (Å²) in [6.07, 6.45) is 9.39. The van der Waals surface area contributed by atoms with Gasteiger partial charge in [-0.05, 0) is 53.9 Å². The van der Waals surface area contributed by atoms with Crippen LogP contribution in [0.3, 0.4) is 0 Å².